The number of nitriles is 1. The summed E-state index contributed by atoms with van der Waals surface area (Å²) in [5.41, 5.74) is 3.49. The maximum atomic E-state index is 13.1. The number of hydrogen-bond donors (Lipinski definition) is 1. The van der Waals surface area contributed by atoms with Gasteiger partial charge in [0.05, 0.1) is 22.7 Å². The zero-order valence-corrected chi connectivity index (χ0v) is 22.0. The number of rotatable bonds is 10. The Kier molecular flexibility index (Phi) is 8.95. The average molecular weight is 500 g/mol. The lowest BCUT2D eigenvalue weighted by atomic mass is 9.88. The normalized spacial score (nSPS) is 13.9. The quantitative estimate of drug-likeness (QED) is 0.315. The first-order valence-corrected chi connectivity index (χ1v) is 13.6. The van der Waals surface area contributed by atoms with Crippen LogP contribution < -0.4 is 10.2 Å². The third-order valence-corrected chi connectivity index (χ3v) is 7.39. The summed E-state index contributed by atoms with van der Waals surface area (Å²) in [5, 5.41) is 12.0. The van der Waals surface area contributed by atoms with Gasteiger partial charge in [-0.25, -0.2) is 4.98 Å². The Morgan fingerprint density at radius 1 is 1.05 bits per heavy atom. The molecular formula is C30H37N5O2. The molecule has 0 atom stereocenters. The molecule has 37 heavy (non-hydrogen) atoms. The molecule has 0 unspecified atom stereocenters. The van der Waals surface area contributed by atoms with Gasteiger partial charge < -0.3 is 9.47 Å². The van der Waals surface area contributed by atoms with E-state index in [0.717, 1.165) is 61.8 Å². The SMILES string of the molecule is CCCCCCCn1c(NC(=O)c2ccc(C#N)cc2)nc2cc(N(C)C(=O)C3CCCCC3)ccc21. The maximum Gasteiger partial charge on any atom is 0.257 e. The fourth-order valence-corrected chi connectivity index (χ4v) is 5.14. The van der Waals surface area contributed by atoms with Crippen LogP contribution in [0.4, 0.5) is 11.6 Å². The van der Waals surface area contributed by atoms with Crippen LogP contribution in [0.25, 0.3) is 11.0 Å². The number of amides is 2. The number of nitrogens with zero attached hydrogens (tertiary/aromatic N) is 4. The van der Waals surface area contributed by atoms with Crippen LogP contribution in [0.1, 0.15) is 87.1 Å². The Bertz CT molecular complexity index is 1270. The predicted octanol–water partition coefficient (Wildman–Crippen LogP) is 6.67. The third-order valence-electron chi connectivity index (χ3n) is 7.39. The molecule has 7 nitrogen and oxygen atoms in total. The molecule has 1 saturated carbocycles. The number of carbonyl (C=O) groups is 2. The van der Waals surface area contributed by atoms with Gasteiger partial charge in [0.15, 0.2) is 0 Å². The van der Waals surface area contributed by atoms with E-state index in [-0.39, 0.29) is 17.7 Å². The Morgan fingerprint density at radius 2 is 1.78 bits per heavy atom. The fraction of sp³-hybridized carbons (Fsp3) is 0.467. The number of anilines is 2. The van der Waals surface area contributed by atoms with Crippen molar-refractivity contribution in [1.82, 2.24) is 9.55 Å². The van der Waals surface area contributed by atoms with Crippen molar-refractivity contribution in [1.29, 1.82) is 5.26 Å². The molecule has 0 spiro atoms. The van der Waals surface area contributed by atoms with E-state index in [1.165, 1.54) is 25.7 Å². The first kappa shape index (κ1) is 26.4. The Labute approximate surface area is 219 Å². The van der Waals surface area contributed by atoms with Gasteiger partial charge in [-0.15, -0.1) is 0 Å². The summed E-state index contributed by atoms with van der Waals surface area (Å²) in [6, 6.07) is 14.6. The van der Waals surface area contributed by atoms with Crippen LogP contribution in [-0.4, -0.2) is 28.4 Å². The number of hydrogen-bond acceptors (Lipinski definition) is 4. The van der Waals surface area contributed by atoms with Gasteiger partial charge in [0, 0.05) is 30.8 Å². The zero-order chi connectivity index (χ0) is 26.2. The van der Waals surface area contributed by atoms with E-state index >= 15 is 0 Å². The molecular weight excluding hydrogens is 462 g/mol. The van der Waals surface area contributed by atoms with Gasteiger partial charge in [-0.2, -0.15) is 5.26 Å². The average Bonchev–Trinajstić information content (AvgIpc) is 3.28. The maximum absolute atomic E-state index is 13.1. The lowest BCUT2D eigenvalue weighted by Gasteiger charge is -2.26. The van der Waals surface area contributed by atoms with Gasteiger partial charge in [-0.3, -0.25) is 14.9 Å². The molecule has 1 aromatic heterocycles. The van der Waals surface area contributed by atoms with Gasteiger partial charge in [0.25, 0.3) is 5.91 Å². The summed E-state index contributed by atoms with van der Waals surface area (Å²) in [6.45, 7) is 2.95. The minimum atomic E-state index is -0.267. The van der Waals surface area contributed by atoms with Crippen molar-refractivity contribution < 1.29 is 9.59 Å². The van der Waals surface area contributed by atoms with Gasteiger partial charge in [-0.1, -0.05) is 51.9 Å². The highest BCUT2D eigenvalue weighted by atomic mass is 16.2. The highest BCUT2D eigenvalue weighted by Crippen LogP contribution is 2.30. The highest BCUT2D eigenvalue weighted by Gasteiger charge is 2.25. The molecule has 1 fully saturated rings. The predicted molar refractivity (Wildman–Crippen MR) is 148 cm³/mol. The summed E-state index contributed by atoms with van der Waals surface area (Å²) < 4.78 is 2.07. The van der Waals surface area contributed by atoms with Crippen molar-refractivity contribution in [3.05, 3.63) is 53.6 Å². The lowest BCUT2D eigenvalue weighted by Crippen LogP contribution is -2.33. The third kappa shape index (κ3) is 6.37. The van der Waals surface area contributed by atoms with Crippen molar-refractivity contribution in [3.8, 4) is 6.07 Å². The first-order valence-electron chi connectivity index (χ1n) is 13.6. The van der Waals surface area contributed by atoms with Crippen LogP contribution in [0.2, 0.25) is 0 Å². The van der Waals surface area contributed by atoms with E-state index in [0.29, 0.717) is 17.1 Å². The molecule has 3 aromatic rings. The second-order valence-corrected chi connectivity index (χ2v) is 10.0. The van der Waals surface area contributed by atoms with Gasteiger partial charge in [-0.05, 0) is 61.7 Å². The molecule has 0 saturated heterocycles. The minimum absolute atomic E-state index is 0.0948. The Morgan fingerprint density at radius 3 is 2.49 bits per heavy atom. The van der Waals surface area contributed by atoms with Gasteiger partial charge >= 0.3 is 0 Å². The van der Waals surface area contributed by atoms with Crippen molar-refractivity contribution in [2.24, 2.45) is 5.92 Å². The van der Waals surface area contributed by atoms with Crippen LogP contribution in [0, 0.1) is 17.2 Å². The molecule has 7 heteroatoms. The Balaban J connectivity index is 1.58. The summed E-state index contributed by atoms with van der Waals surface area (Å²) in [5.74, 6) is 0.497. The van der Waals surface area contributed by atoms with E-state index < -0.39 is 0 Å². The molecule has 1 aliphatic carbocycles. The van der Waals surface area contributed by atoms with E-state index in [1.54, 1.807) is 29.2 Å². The van der Waals surface area contributed by atoms with E-state index in [9.17, 15) is 9.59 Å². The number of aromatic nitrogens is 2. The molecule has 1 heterocycles. The zero-order valence-electron chi connectivity index (χ0n) is 22.0. The van der Waals surface area contributed by atoms with E-state index in [1.807, 2.05) is 25.2 Å². The topological polar surface area (TPSA) is 91.0 Å². The number of carbonyl (C=O) groups excluding carboxylic acids is 2. The molecule has 0 bridgehead atoms. The standard InChI is InChI=1S/C30H37N5O2/c1-3-4-5-6-10-19-35-27-18-17-25(34(2)29(37)24-11-8-7-9-12-24)20-26(27)32-30(35)33-28(36)23-15-13-22(21-31)14-16-23/h13-18,20,24H,3-12,19H2,1-2H3,(H,32,33,36). The number of unbranched alkanes of at least 4 members (excludes halogenated alkanes) is 4. The first-order chi connectivity index (χ1) is 18.0. The number of nitrogens with one attached hydrogen (secondary N) is 1. The second-order valence-electron chi connectivity index (χ2n) is 10.0. The van der Waals surface area contributed by atoms with Gasteiger partial charge in [0.1, 0.15) is 0 Å². The van der Waals surface area contributed by atoms with Crippen LogP contribution in [-0.2, 0) is 11.3 Å². The monoisotopic (exact) mass is 499 g/mol. The minimum Gasteiger partial charge on any atom is -0.315 e. The summed E-state index contributed by atoms with van der Waals surface area (Å²) in [7, 11) is 1.84. The van der Waals surface area contributed by atoms with Crippen LogP contribution >= 0.6 is 0 Å². The van der Waals surface area contributed by atoms with E-state index in [2.05, 4.69) is 22.9 Å². The molecule has 0 aliphatic heterocycles. The number of fused-ring (bicyclic) bond motifs is 1. The van der Waals surface area contributed by atoms with Gasteiger partial charge in [0.2, 0.25) is 11.9 Å². The second kappa shape index (κ2) is 12.5. The van der Waals surface area contributed by atoms with Crippen LogP contribution in [0.5, 0.6) is 0 Å². The Hall–Kier alpha value is -3.66. The van der Waals surface area contributed by atoms with Crippen LogP contribution in [0.15, 0.2) is 42.5 Å². The van der Waals surface area contributed by atoms with Crippen molar-refractivity contribution in [3.63, 3.8) is 0 Å². The molecule has 2 aromatic carbocycles. The molecule has 194 valence electrons. The molecule has 2 amide bonds. The molecule has 4 rings (SSSR count). The molecule has 0 radical (unpaired) electrons. The fourth-order valence-electron chi connectivity index (χ4n) is 5.14. The number of benzene rings is 2. The van der Waals surface area contributed by atoms with Crippen LogP contribution in [0.3, 0.4) is 0 Å². The highest BCUT2D eigenvalue weighted by molar-refractivity contribution is 6.04. The summed E-state index contributed by atoms with van der Waals surface area (Å²) in [4.78, 5) is 32.6. The molecule has 1 N–H and O–H groups in total. The lowest BCUT2D eigenvalue weighted by molar-refractivity contribution is -0.123. The smallest absolute Gasteiger partial charge is 0.257 e. The van der Waals surface area contributed by atoms with Crippen molar-refractivity contribution in [2.45, 2.75) is 77.7 Å². The van der Waals surface area contributed by atoms with Crippen molar-refractivity contribution >= 4 is 34.5 Å². The number of imidazole rings is 1. The largest absolute Gasteiger partial charge is 0.315 e. The summed E-state index contributed by atoms with van der Waals surface area (Å²) >= 11 is 0. The number of aryl methyl sites for hydroxylation is 1. The van der Waals surface area contributed by atoms with E-state index in [4.69, 9.17) is 10.2 Å². The summed E-state index contributed by atoms with van der Waals surface area (Å²) in [6.07, 6.45) is 11.1. The van der Waals surface area contributed by atoms with Crippen molar-refractivity contribution in [2.75, 3.05) is 17.3 Å². The molecule has 1 aliphatic rings.